The molecular formula is C14H16N2O4. The van der Waals surface area contributed by atoms with Gasteiger partial charge in [-0.2, -0.15) is 0 Å². The summed E-state index contributed by atoms with van der Waals surface area (Å²) in [5.74, 6) is -0.499. The van der Waals surface area contributed by atoms with Crippen LogP contribution in [0.15, 0.2) is 27.4 Å². The van der Waals surface area contributed by atoms with Gasteiger partial charge in [0.25, 0.3) is 0 Å². The second-order valence-electron chi connectivity index (χ2n) is 4.89. The van der Waals surface area contributed by atoms with Crippen LogP contribution in [0.5, 0.6) is 0 Å². The number of benzene rings is 1. The molecule has 6 nitrogen and oxygen atoms in total. The molecule has 1 fully saturated rings. The maximum atomic E-state index is 11.8. The molecular weight excluding hydrogens is 260 g/mol. The second-order valence-corrected chi connectivity index (χ2v) is 4.89. The fourth-order valence-corrected chi connectivity index (χ4v) is 2.37. The summed E-state index contributed by atoms with van der Waals surface area (Å²) in [4.78, 5) is 25.4. The number of H-pyrrole nitrogens is 1. The summed E-state index contributed by atoms with van der Waals surface area (Å²) in [6.45, 7) is 1.21. The molecule has 2 heterocycles. The van der Waals surface area contributed by atoms with E-state index in [2.05, 4.69) is 10.3 Å². The number of carbonyl (C=O) groups is 1. The van der Waals surface area contributed by atoms with Gasteiger partial charge in [0.05, 0.1) is 5.52 Å². The van der Waals surface area contributed by atoms with Crippen LogP contribution in [0.4, 0.5) is 0 Å². The Morgan fingerprint density at radius 3 is 3.15 bits per heavy atom. The maximum absolute atomic E-state index is 11.8. The number of hydrogen-bond donors (Lipinski definition) is 2. The van der Waals surface area contributed by atoms with Gasteiger partial charge in [0.2, 0.25) is 5.91 Å². The van der Waals surface area contributed by atoms with E-state index < -0.39 is 5.76 Å². The molecule has 0 radical (unpaired) electrons. The Hall–Kier alpha value is -2.08. The van der Waals surface area contributed by atoms with E-state index in [1.807, 2.05) is 12.1 Å². The van der Waals surface area contributed by atoms with E-state index in [1.54, 1.807) is 6.07 Å². The predicted octanol–water partition coefficient (Wildman–Crippen LogP) is 0.959. The van der Waals surface area contributed by atoms with E-state index in [-0.39, 0.29) is 12.0 Å². The second kappa shape index (κ2) is 5.50. The predicted molar refractivity (Wildman–Crippen MR) is 72.5 cm³/mol. The van der Waals surface area contributed by atoms with Gasteiger partial charge in [-0.1, -0.05) is 6.07 Å². The molecule has 1 unspecified atom stereocenters. The number of fused-ring (bicyclic) bond motifs is 1. The Kier molecular flexibility index (Phi) is 3.56. The lowest BCUT2D eigenvalue weighted by molar-refractivity contribution is -0.129. The summed E-state index contributed by atoms with van der Waals surface area (Å²) in [6.07, 6.45) is 2.14. The Morgan fingerprint density at radius 2 is 2.35 bits per heavy atom. The van der Waals surface area contributed by atoms with Crippen LogP contribution in [0.25, 0.3) is 11.1 Å². The molecule has 0 aliphatic carbocycles. The molecule has 1 aromatic heterocycles. The highest BCUT2D eigenvalue weighted by Crippen LogP contribution is 2.13. The first kappa shape index (κ1) is 12.9. The van der Waals surface area contributed by atoms with E-state index in [0.29, 0.717) is 30.7 Å². The highest BCUT2D eigenvalue weighted by Gasteiger charge is 2.22. The number of aromatic amines is 1. The van der Waals surface area contributed by atoms with E-state index in [0.717, 1.165) is 18.4 Å². The summed E-state index contributed by atoms with van der Waals surface area (Å²) >= 11 is 0. The molecule has 2 N–H and O–H groups in total. The molecule has 3 rings (SSSR count). The molecule has 0 bridgehead atoms. The molecule has 2 aromatic rings. The summed E-state index contributed by atoms with van der Waals surface area (Å²) in [7, 11) is 0. The van der Waals surface area contributed by atoms with Crippen molar-refractivity contribution in [3.05, 3.63) is 34.3 Å². The quantitative estimate of drug-likeness (QED) is 0.871. The fraction of sp³-hybridized carbons (Fsp3) is 0.429. The van der Waals surface area contributed by atoms with Crippen molar-refractivity contribution >= 4 is 17.0 Å². The lowest BCUT2D eigenvalue weighted by Gasteiger charge is -2.10. The molecule has 1 aromatic carbocycles. The van der Waals surface area contributed by atoms with Crippen LogP contribution in [-0.4, -0.2) is 30.1 Å². The smallest absolute Gasteiger partial charge is 0.408 e. The maximum Gasteiger partial charge on any atom is 0.417 e. The van der Waals surface area contributed by atoms with Crippen molar-refractivity contribution in [3.63, 3.8) is 0 Å². The number of rotatable bonds is 4. The number of ether oxygens (including phenoxy) is 1. The van der Waals surface area contributed by atoms with Crippen LogP contribution >= 0.6 is 0 Å². The Morgan fingerprint density at radius 1 is 1.45 bits per heavy atom. The minimum absolute atomic E-state index is 0.0447. The molecule has 20 heavy (non-hydrogen) atoms. The van der Waals surface area contributed by atoms with E-state index in [4.69, 9.17) is 9.15 Å². The number of nitrogens with one attached hydrogen (secondary N) is 2. The van der Waals surface area contributed by atoms with Crippen molar-refractivity contribution in [3.8, 4) is 0 Å². The molecule has 0 spiro atoms. The average molecular weight is 276 g/mol. The van der Waals surface area contributed by atoms with Gasteiger partial charge in [-0.05, 0) is 37.0 Å². The number of hydrogen-bond acceptors (Lipinski definition) is 4. The lowest BCUT2D eigenvalue weighted by atomic mass is 10.1. The van der Waals surface area contributed by atoms with E-state index >= 15 is 0 Å². The third kappa shape index (κ3) is 2.75. The summed E-state index contributed by atoms with van der Waals surface area (Å²) < 4.78 is 10.3. The highest BCUT2D eigenvalue weighted by atomic mass is 16.5. The van der Waals surface area contributed by atoms with Crippen LogP contribution < -0.4 is 11.1 Å². The molecule has 1 amide bonds. The number of carbonyl (C=O) groups excluding carboxylic acids is 1. The first-order valence-corrected chi connectivity index (χ1v) is 6.73. The topological polar surface area (TPSA) is 84.3 Å². The monoisotopic (exact) mass is 276 g/mol. The van der Waals surface area contributed by atoms with Crippen LogP contribution in [0.2, 0.25) is 0 Å². The molecule has 1 saturated heterocycles. The zero-order chi connectivity index (χ0) is 13.9. The van der Waals surface area contributed by atoms with Gasteiger partial charge in [0.15, 0.2) is 5.58 Å². The SMILES string of the molecule is O=C(NCCc1ccc2[nH]c(=O)oc2c1)C1CCCO1. The van der Waals surface area contributed by atoms with Crippen molar-refractivity contribution in [2.24, 2.45) is 0 Å². The molecule has 1 atom stereocenters. The van der Waals surface area contributed by atoms with Gasteiger partial charge >= 0.3 is 5.76 Å². The standard InChI is InChI=1S/C14H16N2O4/c17-13(11-2-1-7-19-11)15-6-5-9-3-4-10-12(8-9)20-14(18)16-10/h3-4,8,11H,1-2,5-7H2,(H,15,17)(H,16,18). The van der Waals surface area contributed by atoms with Crippen LogP contribution in [0, 0.1) is 0 Å². The van der Waals surface area contributed by atoms with Crippen molar-refractivity contribution < 1.29 is 13.9 Å². The summed E-state index contributed by atoms with van der Waals surface area (Å²) in [6, 6.07) is 5.52. The highest BCUT2D eigenvalue weighted by molar-refractivity contribution is 5.81. The number of oxazole rings is 1. The Bertz CT molecular complexity index is 667. The minimum atomic E-state index is -0.455. The Labute approximate surface area is 115 Å². The first-order chi connectivity index (χ1) is 9.72. The zero-order valence-corrected chi connectivity index (χ0v) is 11.0. The first-order valence-electron chi connectivity index (χ1n) is 6.73. The normalized spacial score (nSPS) is 18.5. The van der Waals surface area contributed by atoms with Crippen molar-refractivity contribution in [2.45, 2.75) is 25.4 Å². The minimum Gasteiger partial charge on any atom is -0.408 e. The molecule has 1 aliphatic rings. The molecule has 0 saturated carbocycles. The third-order valence-electron chi connectivity index (χ3n) is 3.42. The van der Waals surface area contributed by atoms with Gasteiger partial charge in [0, 0.05) is 13.2 Å². The molecule has 106 valence electrons. The van der Waals surface area contributed by atoms with Gasteiger partial charge in [-0.15, -0.1) is 0 Å². The lowest BCUT2D eigenvalue weighted by Crippen LogP contribution is -2.35. The zero-order valence-electron chi connectivity index (χ0n) is 11.0. The number of aromatic nitrogens is 1. The van der Waals surface area contributed by atoms with Crippen molar-refractivity contribution in [2.75, 3.05) is 13.2 Å². The third-order valence-corrected chi connectivity index (χ3v) is 3.42. The Balaban J connectivity index is 1.56. The van der Waals surface area contributed by atoms with E-state index in [1.165, 1.54) is 0 Å². The van der Waals surface area contributed by atoms with Gasteiger partial charge in [-0.3, -0.25) is 9.78 Å². The van der Waals surface area contributed by atoms with Crippen LogP contribution in [0.1, 0.15) is 18.4 Å². The van der Waals surface area contributed by atoms with Crippen LogP contribution in [-0.2, 0) is 16.0 Å². The van der Waals surface area contributed by atoms with E-state index in [9.17, 15) is 9.59 Å². The number of amides is 1. The largest absolute Gasteiger partial charge is 0.417 e. The van der Waals surface area contributed by atoms with Crippen molar-refractivity contribution in [1.82, 2.24) is 10.3 Å². The van der Waals surface area contributed by atoms with Gasteiger partial charge in [-0.25, -0.2) is 4.79 Å². The van der Waals surface area contributed by atoms with Gasteiger partial charge < -0.3 is 14.5 Å². The van der Waals surface area contributed by atoms with Gasteiger partial charge in [0.1, 0.15) is 6.10 Å². The van der Waals surface area contributed by atoms with Crippen molar-refractivity contribution in [1.29, 1.82) is 0 Å². The molecule has 1 aliphatic heterocycles. The van der Waals surface area contributed by atoms with Crippen LogP contribution in [0.3, 0.4) is 0 Å². The summed E-state index contributed by atoms with van der Waals surface area (Å²) in [5.41, 5.74) is 2.23. The average Bonchev–Trinajstić information content (AvgIpc) is 3.05. The summed E-state index contributed by atoms with van der Waals surface area (Å²) in [5, 5.41) is 2.86. The molecule has 6 heteroatoms. The fourth-order valence-electron chi connectivity index (χ4n) is 2.37.